The minimum absolute atomic E-state index is 0.0396. The van der Waals surface area contributed by atoms with Crippen molar-refractivity contribution in [3.8, 4) is 0 Å². The lowest BCUT2D eigenvalue weighted by Gasteiger charge is -2.05. The molecule has 0 atom stereocenters. The molecular weight excluding hydrogens is 336 g/mol. The van der Waals surface area contributed by atoms with Crippen LogP contribution in [0, 0.1) is 10.1 Å². The Labute approximate surface area is 150 Å². The SMILES string of the molecule is O=C(CCNC(=O)c1ccc([N+](=O)[O-])cc1)OC/C=C/c1ccccc1. The molecule has 0 saturated carbocycles. The quantitative estimate of drug-likeness (QED) is 0.446. The molecule has 0 bridgehead atoms. The molecule has 0 aliphatic carbocycles. The highest BCUT2D eigenvalue weighted by molar-refractivity contribution is 5.94. The number of hydrogen-bond donors (Lipinski definition) is 1. The van der Waals surface area contributed by atoms with Gasteiger partial charge >= 0.3 is 5.97 Å². The van der Waals surface area contributed by atoms with E-state index in [1.165, 1.54) is 24.3 Å². The van der Waals surface area contributed by atoms with E-state index in [4.69, 9.17) is 4.74 Å². The molecule has 1 N–H and O–H groups in total. The Morgan fingerprint density at radius 3 is 2.42 bits per heavy atom. The highest BCUT2D eigenvalue weighted by atomic mass is 16.6. The molecule has 0 fully saturated rings. The molecule has 2 aromatic rings. The van der Waals surface area contributed by atoms with Gasteiger partial charge in [-0.15, -0.1) is 0 Å². The number of non-ortho nitro benzene ring substituents is 1. The molecule has 2 aromatic carbocycles. The van der Waals surface area contributed by atoms with Gasteiger partial charge in [0, 0.05) is 24.2 Å². The standard InChI is InChI=1S/C19H18N2O5/c22-18(26-14-4-7-15-5-2-1-3-6-15)12-13-20-19(23)16-8-10-17(11-9-16)21(24)25/h1-11H,12-14H2,(H,20,23)/b7-4+. The molecule has 0 aliphatic heterocycles. The van der Waals surface area contributed by atoms with Crippen molar-refractivity contribution >= 4 is 23.6 Å². The summed E-state index contributed by atoms with van der Waals surface area (Å²) in [5.74, 6) is -0.830. The van der Waals surface area contributed by atoms with E-state index in [2.05, 4.69) is 5.32 Å². The first-order chi connectivity index (χ1) is 12.6. The van der Waals surface area contributed by atoms with E-state index in [1.807, 2.05) is 36.4 Å². The average molecular weight is 354 g/mol. The predicted molar refractivity (Wildman–Crippen MR) is 96.5 cm³/mol. The molecule has 0 heterocycles. The Morgan fingerprint density at radius 1 is 1.08 bits per heavy atom. The molecule has 7 heteroatoms. The van der Waals surface area contributed by atoms with Gasteiger partial charge in [-0.1, -0.05) is 36.4 Å². The maximum Gasteiger partial charge on any atom is 0.307 e. The Hall–Kier alpha value is -3.48. The fourth-order valence-corrected chi connectivity index (χ4v) is 2.08. The Kier molecular flexibility index (Phi) is 7.05. The minimum atomic E-state index is -0.538. The summed E-state index contributed by atoms with van der Waals surface area (Å²) in [6.45, 7) is 0.279. The Morgan fingerprint density at radius 2 is 1.77 bits per heavy atom. The largest absolute Gasteiger partial charge is 0.461 e. The van der Waals surface area contributed by atoms with Gasteiger partial charge in [0.15, 0.2) is 0 Å². The summed E-state index contributed by atoms with van der Waals surface area (Å²) in [6, 6.07) is 14.9. The second kappa shape index (κ2) is 9.73. The smallest absolute Gasteiger partial charge is 0.307 e. The maximum absolute atomic E-state index is 11.9. The highest BCUT2D eigenvalue weighted by Gasteiger charge is 2.10. The number of esters is 1. The number of nitro benzene ring substituents is 1. The lowest BCUT2D eigenvalue weighted by Crippen LogP contribution is -2.26. The highest BCUT2D eigenvalue weighted by Crippen LogP contribution is 2.11. The maximum atomic E-state index is 11.9. The van der Waals surface area contributed by atoms with Crippen molar-refractivity contribution in [2.75, 3.05) is 13.2 Å². The van der Waals surface area contributed by atoms with Gasteiger partial charge in [-0.25, -0.2) is 0 Å². The van der Waals surface area contributed by atoms with Gasteiger partial charge in [-0.05, 0) is 23.8 Å². The molecule has 0 aromatic heterocycles. The van der Waals surface area contributed by atoms with Gasteiger partial charge in [0.1, 0.15) is 6.61 Å². The van der Waals surface area contributed by atoms with Crippen LogP contribution in [0.25, 0.3) is 6.08 Å². The third-order valence-electron chi connectivity index (χ3n) is 3.41. The van der Waals surface area contributed by atoms with Crippen LogP contribution in [-0.4, -0.2) is 30.0 Å². The third-order valence-corrected chi connectivity index (χ3v) is 3.41. The van der Waals surface area contributed by atoms with Crippen LogP contribution < -0.4 is 5.32 Å². The van der Waals surface area contributed by atoms with Crippen LogP contribution in [0.2, 0.25) is 0 Å². The van der Waals surface area contributed by atoms with Gasteiger partial charge < -0.3 is 10.1 Å². The number of nitrogens with zero attached hydrogens (tertiary/aromatic N) is 1. The fraction of sp³-hybridized carbons (Fsp3) is 0.158. The van der Waals surface area contributed by atoms with Crippen LogP contribution in [0.3, 0.4) is 0 Å². The number of amides is 1. The van der Waals surface area contributed by atoms with E-state index in [0.29, 0.717) is 0 Å². The normalized spacial score (nSPS) is 10.5. The van der Waals surface area contributed by atoms with Crippen molar-refractivity contribution in [2.24, 2.45) is 0 Å². The number of nitrogens with one attached hydrogen (secondary N) is 1. The first-order valence-corrected chi connectivity index (χ1v) is 7.96. The zero-order chi connectivity index (χ0) is 18.8. The summed E-state index contributed by atoms with van der Waals surface area (Å²) < 4.78 is 5.04. The lowest BCUT2D eigenvalue weighted by atomic mass is 10.2. The van der Waals surface area contributed by atoms with Crippen molar-refractivity contribution in [1.82, 2.24) is 5.32 Å². The van der Waals surface area contributed by atoms with Crippen molar-refractivity contribution in [1.29, 1.82) is 0 Å². The number of ether oxygens (including phenoxy) is 1. The Bertz CT molecular complexity index is 785. The van der Waals surface area contributed by atoms with Crippen molar-refractivity contribution in [3.63, 3.8) is 0 Å². The van der Waals surface area contributed by atoms with E-state index in [9.17, 15) is 19.7 Å². The number of nitro groups is 1. The summed E-state index contributed by atoms with van der Waals surface area (Å²) in [5.41, 5.74) is 1.21. The second-order valence-corrected chi connectivity index (χ2v) is 5.31. The predicted octanol–water partition coefficient (Wildman–Crippen LogP) is 2.97. The van der Waals surface area contributed by atoms with E-state index >= 15 is 0 Å². The van der Waals surface area contributed by atoms with Gasteiger partial charge in [0.2, 0.25) is 0 Å². The van der Waals surface area contributed by atoms with E-state index in [0.717, 1.165) is 5.56 Å². The number of carbonyl (C=O) groups is 2. The van der Waals surface area contributed by atoms with Crippen LogP contribution in [0.1, 0.15) is 22.3 Å². The summed E-state index contributed by atoms with van der Waals surface area (Å²) in [5, 5.41) is 13.1. The number of benzene rings is 2. The van der Waals surface area contributed by atoms with Gasteiger partial charge in [-0.3, -0.25) is 19.7 Å². The summed E-state index contributed by atoms with van der Waals surface area (Å²) in [6.07, 6.45) is 3.63. The van der Waals surface area contributed by atoms with Crippen LogP contribution in [0.15, 0.2) is 60.7 Å². The second-order valence-electron chi connectivity index (χ2n) is 5.31. The molecule has 0 aliphatic rings. The fourth-order valence-electron chi connectivity index (χ4n) is 2.08. The average Bonchev–Trinajstić information content (AvgIpc) is 2.66. The summed E-state index contributed by atoms with van der Waals surface area (Å²) in [7, 11) is 0. The summed E-state index contributed by atoms with van der Waals surface area (Å²) in [4.78, 5) is 33.5. The number of carbonyl (C=O) groups excluding carboxylic acids is 2. The molecule has 1 amide bonds. The molecule has 0 saturated heterocycles. The molecule has 0 radical (unpaired) electrons. The molecular formula is C19H18N2O5. The molecule has 134 valence electrons. The molecule has 0 spiro atoms. The van der Waals surface area contributed by atoms with Crippen molar-refractivity contribution < 1.29 is 19.2 Å². The van der Waals surface area contributed by atoms with Gasteiger partial charge in [0.05, 0.1) is 11.3 Å². The van der Waals surface area contributed by atoms with Gasteiger partial charge in [0.25, 0.3) is 11.6 Å². The van der Waals surface area contributed by atoms with E-state index < -0.39 is 16.8 Å². The zero-order valence-electron chi connectivity index (χ0n) is 14.0. The first kappa shape index (κ1) is 18.9. The van der Waals surface area contributed by atoms with E-state index in [-0.39, 0.29) is 30.8 Å². The monoisotopic (exact) mass is 354 g/mol. The van der Waals surface area contributed by atoms with Crippen LogP contribution in [0.4, 0.5) is 5.69 Å². The first-order valence-electron chi connectivity index (χ1n) is 7.96. The number of rotatable bonds is 8. The van der Waals surface area contributed by atoms with Crippen molar-refractivity contribution in [3.05, 3.63) is 81.9 Å². The zero-order valence-corrected chi connectivity index (χ0v) is 14.0. The molecule has 7 nitrogen and oxygen atoms in total. The topological polar surface area (TPSA) is 98.5 Å². The van der Waals surface area contributed by atoms with Crippen molar-refractivity contribution in [2.45, 2.75) is 6.42 Å². The van der Waals surface area contributed by atoms with Crippen LogP contribution in [0.5, 0.6) is 0 Å². The molecule has 0 unspecified atom stereocenters. The van der Waals surface area contributed by atoms with Crippen LogP contribution >= 0.6 is 0 Å². The Balaban J connectivity index is 1.66. The third kappa shape index (κ3) is 6.20. The molecule has 2 rings (SSSR count). The minimum Gasteiger partial charge on any atom is -0.461 e. The van der Waals surface area contributed by atoms with Gasteiger partial charge in [-0.2, -0.15) is 0 Å². The van der Waals surface area contributed by atoms with E-state index in [1.54, 1.807) is 6.08 Å². The number of hydrogen-bond acceptors (Lipinski definition) is 5. The summed E-state index contributed by atoms with van der Waals surface area (Å²) >= 11 is 0. The molecule has 26 heavy (non-hydrogen) atoms. The van der Waals surface area contributed by atoms with Crippen LogP contribution in [-0.2, 0) is 9.53 Å². The lowest BCUT2D eigenvalue weighted by molar-refractivity contribution is -0.384.